The summed E-state index contributed by atoms with van der Waals surface area (Å²) in [5.41, 5.74) is 1.24. The molecule has 5 heteroatoms. The summed E-state index contributed by atoms with van der Waals surface area (Å²) in [6, 6.07) is 7.07. The third-order valence-electron chi connectivity index (χ3n) is 3.42. The van der Waals surface area contributed by atoms with Gasteiger partial charge >= 0.3 is 0 Å². The Bertz CT molecular complexity index is 520. The Morgan fingerprint density at radius 3 is 2.57 bits per heavy atom. The molecule has 2 unspecified atom stereocenters. The largest absolute Gasteiger partial charge is 0.372 e. The predicted octanol–water partition coefficient (Wildman–Crippen LogP) is 2.28. The van der Waals surface area contributed by atoms with Gasteiger partial charge < -0.3 is 15.0 Å². The molecule has 2 amide bonds. The monoisotopic (exact) mass is 290 g/mol. The van der Waals surface area contributed by atoms with E-state index in [0.29, 0.717) is 30.8 Å². The molecular formula is C16H22N2O3. The number of carbonyl (C=O) groups is 2. The van der Waals surface area contributed by atoms with Crippen LogP contribution in [-0.2, 0) is 9.53 Å². The lowest BCUT2D eigenvalue weighted by Gasteiger charge is -2.35. The van der Waals surface area contributed by atoms with E-state index < -0.39 is 0 Å². The molecule has 1 aromatic carbocycles. The average Bonchev–Trinajstić information content (AvgIpc) is 2.45. The van der Waals surface area contributed by atoms with Gasteiger partial charge in [-0.3, -0.25) is 9.59 Å². The standard InChI is InChI=1S/C16H22N2O3/c1-4-15(19)17-14-7-5-6-13(8-14)16(20)18-9-11(2)21-12(3)10-18/h5-8,11-12H,4,9-10H2,1-3H3,(H,17,19). The zero-order valence-electron chi connectivity index (χ0n) is 12.8. The zero-order chi connectivity index (χ0) is 15.4. The third kappa shape index (κ3) is 4.04. The third-order valence-corrected chi connectivity index (χ3v) is 3.42. The fraction of sp³-hybridized carbons (Fsp3) is 0.500. The molecule has 2 rings (SSSR count). The number of hydrogen-bond acceptors (Lipinski definition) is 3. The van der Waals surface area contributed by atoms with Crippen LogP contribution in [0.5, 0.6) is 0 Å². The fourth-order valence-electron chi connectivity index (χ4n) is 2.51. The van der Waals surface area contributed by atoms with Crippen LogP contribution in [0.3, 0.4) is 0 Å². The average molecular weight is 290 g/mol. The molecule has 114 valence electrons. The quantitative estimate of drug-likeness (QED) is 0.929. The Kier molecular flexibility index (Phi) is 4.96. The van der Waals surface area contributed by atoms with Gasteiger partial charge in [0.15, 0.2) is 0 Å². The van der Waals surface area contributed by atoms with Crippen LogP contribution in [0.15, 0.2) is 24.3 Å². The molecule has 0 bridgehead atoms. The van der Waals surface area contributed by atoms with Crippen molar-refractivity contribution in [3.8, 4) is 0 Å². The molecular weight excluding hydrogens is 268 g/mol. The number of hydrogen-bond donors (Lipinski definition) is 1. The highest BCUT2D eigenvalue weighted by atomic mass is 16.5. The van der Waals surface area contributed by atoms with Gasteiger partial charge in [-0.2, -0.15) is 0 Å². The molecule has 0 aromatic heterocycles. The van der Waals surface area contributed by atoms with E-state index in [-0.39, 0.29) is 24.0 Å². The molecule has 1 aliphatic rings. The van der Waals surface area contributed by atoms with Crippen LogP contribution in [0, 0.1) is 0 Å². The molecule has 1 aliphatic heterocycles. The first-order chi connectivity index (χ1) is 9.99. The van der Waals surface area contributed by atoms with Gasteiger partial charge in [-0.05, 0) is 32.0 Å². The number of benzene rings is 1. The van der Waals surface area contributed by atoms with E-state index in [9.17, 15) is 9.59 Å². The highest BCUT2D eigenvalue weighted by Crippen LogP contribution is 2.17. The molecule has 0 saturated carbocycles. The second kappa shape index (κ2) is 6.72. The van der Waals surface area contributed by atoms with Gasteiger partial charge in [-0.25, -0.2) is 0 Å². The van der Waals surface area contributed by atoms with Crippen molar-refractivity contribution in [3.63, 3.8) is 0 Å². The van der Waals surface area contributed by atoms with E-state index in [1.54, 1.807) is 36.1 Å². The maximum atomic E-state index is 12.6. The van der Waals surface area contributed by atoms with Crippen LogP contribution < -0.4 is 5.32 Å². The van der Waals surface area contributed by atoms with Crippen LogP contribution in [0.4, 0.5) is 5.69 Å². The smallest absolute Gasteiger partial charge is 0.254 e. The number of nitrogens with one attached hydrogen (secondary N) is 1. The second-order valence-electron chi connectivity index (χ2n) is 5.45. The van der Waals surface area contributed by atoms with Gasteiger partial charge in [-0.15, -0.1) is 0 Å². The van der Waals surface area contributed by atoms with Gasteiger partial charge in [0, 0.05) is 30.8 Å². The topological polar surface area (TPSA) is 58.6 Å². The number of rotatable bonds is 3. The molecule has 0 radical (unpaired) electrons. The lowest BCUT2D eigenvalue weighted by molar-refractivity contribution is -0.115. The summed E-state index contributed by atoms with van der Waals surface area (Å²) < 4.78 is 5.64. The maximum Gasteiger partial charge on any atom is 0.254 e. The van der Waals surface area contributed by atoms with E-state index in [0.717, 1.165) is 0 Å². The summed E-state index contributed by atoms with van der Waals surface area (Å²) in [5, 5.41) is 2.77. The normalized spacial score (nSPS) is 22.0. The van der Waals surface area contributed by atoms with Crippen molar-refractivity contribution in [1.82, 2.24) is 4.90 Å². The summed E-state index contributed by atoms with van der Waals surface area (Å²) in [6.45, 7) is 6.91. The first-order valence-electron chi connectivity index (χ1n) is 7.34. The lowest BCUT2D eigenvalue weighted by atomic mass is 10.1. The Morgan fingerprint density at radius 2 is 1.95 bits per heavy atom. The first kappa shape index (κ1) is 15.5. The summed E-state index contributed by atoms with van der Waals surface area (Å²) in [4.78, 5) is 25.8. The van der Waals surface area contributed by atoms with Crippen LogP contribution in [0.1, 0.15) is 37.6 Å². The predicted molar refractivity (Wildman–Crippen MR) is 81.3 cm³/mol. The highest BCUT2D eigenvalue weighted by Gasteiger charge is 2.26. The molecule has 2 atom stereocenters. The number of carbonyl (C=O) groups excluding carboxylic acids is 2. The Hall–Kier alpha value is -1.88. The van der Waals surface area contributed by atoms with Crippen molar-refractivity contribution in [2.24, 2.45) is 0 Å². The van der Waals surface area contributed by atoms with Crippen LogP contribution in [0.25, 0.3) is 0 Å². The zero-order valence-corrected chi connectivity index (χ0v) is 12.8. The second-order valence-corrected chi connectivity index (χ2v) is 5.45. The molecule has 0 aliphatic carbocycles. The van der Waals surface area contributed by atoms with Crippen molar-refractivity contribution < 1.29 is 14.3 Å². The Morgan fingerprint density at radius 1 is 1.29 bits per heavy atom. The summed E-state index contributed by atoms with van der Waals surface area (Å²) in [7, 11) is 0. The number of anilines is 1. The van der Waals surface area contributed by atoms with E-state index in [4.69, 9.17) is 4.74 Å². The molecule has 1 fully saturated rings. The van der Waals surface area contributed by atoms with E-state index >= 15 is 0 Å². The van der Waals surface area contributed by atoms with Crippen molar-refractivity contribution in [2.75, 3.05) is 18.4 Å². The van der Waals surface area contributed by atoms with Crippen LogP contribution >= 0.6 is 0 Å². The van der Waals surface area contributed by atoms with Gasteiger partial charge in [-0.1, -0.05) is 13.0 Å². The number of nitrogens with zero attached hydrogens (tertiary/aromatic N) is 1. The summed E-state index contributed by atoms with van der Waals surface area (Å²) >= 11 is 0. The van der Waals surface area contributed by atoms with Gasteiger partial charge in [0.25, 0.3) is 5.91 Å². The highest BCUT2D eigenvalue weighted by molar-refractivity contribution is 5.97. The number of morpholine rings is 1. The van der Waals surface area contributed by atoms with Crippen LogP contribution in [0.2, 0.25) is 0 Å². The molecule has 1 heterocycles. The summed E-state index contributed by atoms with van der Waals surface area (Å²) in [5.74, 6) is -0.0854. The van der Waals surface area contributed by atoms with Crippen molar-refractivity contribution >= 4 is 17.5 Å². The van der Waals surface area contributed by atoms with Crippen LogP contribution in [-0.4, -0.2) is 42.0 Å². The van der Waals surface area contributed by atoms with Crippen molar-refractivity contribution in [3.05, 3.63) is 29.8 Å². The molecule has 5 nitrogen and oxygen atoms in total. The minimum Gasteiger partial charge on any atom is -0.372 e. The minimum atomic E-state index is -0.0618. The molecule has 1 saturated heterocycles. The molecule has 0 spiro atoms. The van der Waals surface area contributed by atoms with E-state index in [1.807, 2.05) is 13.8 Å². The lowest BCUT2D eigenvalue weighted by Crippen LogP contribution is -2.48. The van der Waals surface area contributed by atoms with Crippen molar-refractivity contribution in [2.45, 2.75) is 39.4 Å². The Labute approximate surface area is 125 Å². The Balaban J connectivity index is 2.11. The first-order valence-corrected chi connectivity index (χ1v) is 7.34. The van der Waals surface area contributed by atoms with Gasteiger partial charge in [0.1, 0.15) is 0 Å². The van der Waals surface area contributed by atoms with Gasteiger partial charge in [0.05, 0.1) is 12.2 Å². The van der Waals surface area contributed by atoms with E-state index in [1.165, 1.54) is 0 Å². The minimum absolute atomic E-state index is 0.0235. The molecule has 1 aromatic rings. The maximum absolute atomic E-state index is 12.6. The number of amides is 2. The fourth-order valence-corrected chi connectivity index (χ4v) is 2.51. The summed E-state index contributed by atoms with van der Waals surface area (Å²) in [6.07, 6.45) is 0.498. The van der Waals surface area contributed by atoms with Crippen molar-refractivity contribution in [1.29, 1.82) is 0 Å². The van der Waals surface area contributed by atoms with Gasteiger partial charge in [0.2, 0.25) is 5.91 Å². The SMILES string of the molecule is CCC(=O)Nc1cccc(C(=O)N2CC(C)OC(C)C2)c1. The number of ether oxygens (including phenoxy) is 1. The van der Waals surface area contributed by atoms with E-state index in [2.05, 4.69) is 5.32 Å². The molecule has 21 heavy (non-hydrogen) atoms. The molecule has 1 N–H and O–H groups in total.